The minimum Gasteiger partial charge on any atom is -0.381 e. The number of carbonyl (C=O) groups excluding carboxylic acids is 4. The zero-order valence-corrected chi connectivity index (χ0v) is 29.1. The Morgan fingerprint density at radius 2 is 1.65 bits per heavy atom. The van der Waals surface area contributed by atoms with Gasteiger partial charge in [-0.1, -0.05) is 6.07 Å². The lowest BCUT2D eigenvalue weighted by atomic mass is 10.1. The van der Waals surface area contributed by atoms with Gasteiger partial charge in [-0.25, -0.2) is 0 Å². The van der Waals surface area contributed by atoms with E-state index in [1.165, 1.54) is 24.0 Å². The van der Waals surface area contributed by atoms with E-state index in [0.717, 1.165) is 55.8 Å². The maximum Gasteiger partial charge on any atom is 0.399 e. The van der Waals surface area contributed by atoms with Crippen LogP contribution in [0.4, 0.5) is 8.78 Å². The molecule has 17 heteroatoms. The number of hydrogen-bond acceptors (Lipinski definition) is 8. The summed E-state index contributed by atoms with van der Waals surface area (Å²) in [5, 5.41) is 2.91. The number of methoxy groups -OCH3 is 1. The van der Waals surface area contributed by atoms with E-state index in [-0.39, 0.29) is 46.8 Å². The zero-order valence-electron chi connectivity index (χ0n) is 27.4. The van der Waals surface area contributed by atoms with Crippen molar-refractivity contribution >= 4 is 52.6 Å². The van der Waals surface area contributed by atoms with Gasteiger partial charge >= 0.3 is 13.3 Å². The van der Waals surface area contributed by atoms with Crippen LogP contribution in [0.15, 0.2) is 24.3 Å². The lowest BCUT2D eigenvalue weighted by molar-refractivity contribution is -0.148. The molecule has 4 amide bonds. The molecule has 268 valence electrons. The summed E-state index contributed by atoms with van der Waals surface area (Å²) in [5.41, 5.74) is -5.30. The third-order valence-corrected chi connectivity index (χ3v) is 12.6. The molecule has 5 heterocycles. The second-order valence-corrected chi connectivity index (χ2v) is 16.2. The van der Waals surface area contributed by atoms with Gasteiger partial charge in [0.25, 0.3) is 5.91 Å². The molecular weight excluding hydrogens is 683 g/mol. The van der Waals surface area contributed by atoms with Crippen molar-refractivity contribution in [3.05, 3.63) is 34.7 Å². The summed E-state index contributed by atoms with van der Waals surface area (Å²) in [6, 6.07) is 2.51. The Bertz CT molecular complexity index is 1660. The van der Waals surface area contributed by atoms with Crippen molar-refractivity contribution in [2.45, 2.75) is 81.4 Å². The highest BCUT2D eigenvalue weighted by Gasteiger charge is 2.51. The zero-order chi connectivity index (χ0) is 35.2. The average Bonchev–Trinajstić information content (AvgIpc) is 3.82. The molecule has 4 atom stereocenters. The molecule has 0 radical (unpaired) electrons. The fourth-order valence-electron chi connectivity index (χ4n) is 7.68. The van der Waals surface area contributed by atoms with Gasteiger partial charge in [0.05, 0.1) is 11.0 Å². The third-order valence-electron chi connectivity index (χ3n) is 10.5. The molecule has 49 heavy (non-hydrogen) atoms. The van der Waals surface area contributed by atoms with Gasteiger partial charge in [0, 0.05) is 75.6 Å². The number of amides is 4. The SMILES string of the molecule is COC1CCN(C2CCN(C(=O)[C@@H]3CC[C@@H]4CCN(C(C)=O)CC(NC(=O)c5cc6cc(C(F)(F)P(=O)(O)O)ccc6s5)C(=O)N43)C2)CC1. The molecule has 0 spiro atoms. The van der Waals surface area contributed by atoms with E-state index in [0.29, 0.717) is 43.6 Å². The number of nitrogens with one attached hydrogen (secondary N) is 1. The lowest BCUT2D eigenvalue weighted by Gasteiger charge is -2.39. The van der Waals surface area contributed by atoms with E-state index >= 15 is 0 Å². The van der Waals surface area contributed by atoms with Crippen molar-refractivity contribution in [2.75, 3.05) is 46.4 Å². The van der Waals surface area contributed by atoms with E-state index in [9.17, 15) is 32.5 Å². The molecule has 2 unspecified atom stereocenters. The smallest absolute Gasteiger partial charge is 0.381 e. The van der Waals surface area contributed by atoms with Crippen molar-refractivity contribution in [3.8, 4) is 0 Å². The molecule has 0 aliphatic carbocycles. The van der Waals surface area contributed by atoms with Gasteiger partial charge < -0.3 is 34.5 Å². The second-order valence-electron chi connectivity index (χ2n) is 13.4. The minimum atomic E-state index is -5.79. The number of thiophene rings is 1. The van der Waals surface area contributed by atoms with Crippen LogP contribution in [0.1, 0.15) is 60.7 Å². The van der Waals surface area contributed by atoms with Crippen LogP contribution in [0.25, 0.3) is 10.1 Å². The molecule has 3 N–H and O–H groups in total. The molecule has 0 saturated carbocycles. The quantitative estimate of drug-likeness (QED) is 0.365. The summed E-state index contributed by atoms with van der Waals surface area (Å²) in [7, 11) is -4.06. The molecule has 13 nitrogen and oxygen atoms in total. The summed E-state index contributed by atoms with van der Waals surface area (Å²) < 4.78 is 46.0. The first-order valence-electron chi connectivity index (χ1n) is 16.6. The van der Waals surface area contributed by atoms with E-state index in [1.807, 2.05) is 4.90 Å². The predicted molar refractivity (Wildman–Crippen MR) is 176 cm³/mol. The number of carbonyl (C=O) groups is 4. The van der Waals surface area contributed by atoms with Gasteiger partial charge in [0.15, 0.2) is 0 Å². The molecular formula is C32H42F2N5O8PS. The van der Waals surface area contributed by atoms with Gasteiger partial charge in [-0.15, -0.1) is 11.3 Å². The Balaban J connectivity index is 1.19. The molecule has 6 rings (SSSR count). The van der Waals surface area contributed by atoms with Crippen molar-refractivity contribution in [1.29, 1.82) is 0 Å². The van der Waals surface area contributed by atoms with Crippen LogP contribution in [-0.2, 0) is 29.3 Å². The normalized spacial score (nSPS) is 26.2. The molecule has 4 aliphatic rings. The van der Waals surface area contributed by atoms with Gasteiger partial charge in [0.1, 0.15) is 12.1 Å². The summed E-state index contributed by atoms with van der Waals surface area (Å²) in [6.45, 7) is 4.65. The average molecular weight is 726 g/mol. The first-order chi connectivity index (χ1) is 23.2. The summed E-state index contributed by atoms with van der Waals surface area (Å²) >= 11 is 0.965. The van der Waals surface area contributed by atoms with Gasteiger partial charge in [0.2, 0.25) is 17.7 Å². The third kappa shape index (κ3) is 7.13. The number of hydrogen-bond donors (Lipinski definition) is 3. The number of nitrogens with zero attached hydrogens (tertiary/aromatic N) is 4. The summed E-state index contributed by atoms with van der Waals surface area (Å²) in [5.74, 6) is -1.50. The Hall–Kier alpha value is -3.01. The van der Waals surface area contributed by atoms with Gasteiger partial charge in [-0.05, 0) is 62.1 Å². The Morgan fingerprint density at radius 1 is 0.959 bits per heavy atom. The van der Waals surface area contributed by atoms with Crippen LogP contribution < -0.4 is 5.32 Å². The molecule has 4 aliphatic heterocycles. The lowest BCUT2D eigenvalue weighted by Crippen LogP contribution is -2.61. The van der Waals surface area contributed by atoms with Crippen molar-refractivity contribution in [1.82, 2.24) is 24.9 Å². The summed E-state index contributed by atoms with van der Waals surface area (Å²) in [4.78, 5) is 80.1. The first-order valence-corrected chi connectivity index (χ1v) is 19.0. The number of alkyl halides is 2. The predicted octanol–water partition coefficient (Wildman–Crippen LogP) is 2.55. The molecule has 2 aromatic rings. The van der Waals surface area contributed by atoms with Crippen molar-refractivity contribution < 1.29 is 47.0 Å². The van der Waals surface area contributed by atoms with Crippen LogP contribution in [-0.4, -0.2) is 130 Å². The summed E-state index contributed by atoms with van der Waals surface area (Å²) in [6.07, 6.45) is 4.59. The minimum absolute atomic E-state index is 0.0825. The van der Waals surface area contributed by atoms with Crippen LogP contribution >= 0.6 is 18.9 Å². The number of benzene rings is 1. The van der Waals surface area contributed by atoms with E-state index in [4.69, 9.17) is 14.5 Å². The number of ether oxygens (including phenoxy) is 1. The van der Waals surface area contributed by atoms with Crippen LogP contribution in [0.5, 0.6) is 0 Å². The highest BCUT2D eigenvalue weighted by atomic mass is 32.1. The number of piperidine rings is 1. The van der Waals surface area contributed by atoms with E-state index in [2.05, 4.69) is 10.2 Å². The van der Waals surface area contributed by atoms with Crippen LogP contribution in [0, 0.1) is 0 Å². The Labute approximate surface area is 286 Å². The maximum atomic E-state index is 14.4. The molecule has 1 aromatic heterocycles. The largest absolute Gasteiger partial charge is 0.399 e. The highest BCUT2D eigenvalue weighted by molar-refractivity contribution is 7.52. The van der Waals surface area contributed by atoms with Gasteiger partial charge in [-0.3, -0.25) is 28.6 Å². The van der Waals surface area contributed by atoms with Gasteiger partial charge in [-0.2, -0.15) is 8.78 Å². The monoisotopic (exact) mass is 725 g/mol. The topological polar surface area (TPSA) is 160 Å². The van der Waals surface area contributed by atoms with E-state index < -0.39 is 42.7 Å². The number of halogens is 2. The maximum absolute atomic E-state index is 14.4. The van der Waals surface area contributed by atoms with Crippen molar-refractivity contribution in [2.24, 2.45) is 0 Å². The highest BCUT2D eigenvalue weighted by Crippen LogP contribution is 2.59. The fourth-order valence-corrected chi connectivity index (χ4v) is 9.10. The van der Waals surface area contributed by atoms with Crippen LogP contribution in [0.2, 0.25) is 0 Å². The molecule has 4 fully saturated rings. The Morgan fingerprint density at radius 3 is 2.33 bits per heavy atom. The number of fused-ring (bicyclic) bond motifs is 2. The number of rotatable bonds is 7. The Kier molecular flexibility index (Phi) is 10.2. The van der Waals surface area contributed by atoms with Crippen molar-refractivity contribution in [3.63, 3.8) is 0 Å². The molecule has 1 aromatic carbocycles. The second kappa shape index (κ2) is 14.0. The van der Waals surface area contributed by atoms with E-state index in [1.54, 1.807) is 12.0 Å². The number of likely N-dealkylation sites (tertiary alicyclic amines) is 2. The fraction of sp³-hybridized carbons (Fsp3) is 0.625. The standard InChI is InChI=1S/C32H42F2N5O8PS/c1-19(40)37-11-7-22-4-5-26(31(43)38-12-8-23(17-38)36-13-9-24(47-2)10-14-36)39(22)30(42)25(18-37)35-29(41)28-16-20-15-21(3-6-27(20)49-28)32(33,34)48(44,45)46/h3,6,15-16,22-26H,4-5,7-14,17-18H2,1-2H3,(H,35,41)(H2,44,45,46)/t22-,23?,25?,26+/m1/s1. The molecule has 4 saturated heterocycles. The molecule has 0 bridgehead atoms. The first kappa shape index (κ1) is 35.8. The van der Waals surface area contributed by atoms with Crippen LogP contribution in [0.3, 0.4) is 0 Å².